The third-order valence-corrected chi connectivity index (χ3v) is 2.14. The normalized spacial score (nSPS) is 36.7. The maximum atomic E-state index is 3.37. The number of hydrogen-bond donors (Lipinski definition) is 2. The average Bonchev–Trinajstić information content (AvgIpc) is 2.33. The van der Waals surface area contributed by atoms with Gasteiger partial charge in [0.05, 0.1) is 0 Å². The highest BCUT2D eigenvalue weighted by Gasteiger charge is 2.25. The zero-order chi connectivity index (χ0) is 6.10. The Morgan fingerprint density at radius 3 is 3.22 bits per heavy atom. The number of nitrogens with zero attached hydrogens (tertiary/aromatic N) is 1. The van der Waals surface area contributed by atoms with Gasteiger partial charge in [0.25, 0.3) is 0 Å². The molecule has 0 aromatic rings. The van der Waals surface area contributed by atoms with Gasteiger partial charge in [-0.2, -0.15) is 0 Å². The van der Waals surface area contributed by atoms with Crippen molar-refractivity contribution in [3.63, 3.8) is 0 Å². The van der Waals surface area contributed by atoms with E-state index in [0.717, 1.165) is 12.6 Å². The van der Waals surface area contributed by atoms with Crippen molar-refractivity contribution in [1.29, 1.82) is 0 Å². The van der Waals surface area contributed by atoms with Gasteiger partial charge in [0.2, 0.25) is 0 Å². The molecule has 0 bridgehead atoms. The predicted molar refractivity (Wildman–Crippen MR) is 36.0 cm³/mol. The molecular formula is C6H13N3. The topological polar surface area (TPSA) is 27.3 Å². The van der Waals surface area contributed by atoms with Crippen LogP contribution in [0.1, 0.15) is 6.42 Å². The van der Waals surface area contributed by atoms with Gasteiger partial charge >= 0.3 is 0 Å². The largest absolute Gasteiger partial charge is 0.314 e. The summed E-state index contributed by atoms with van der Waals surface area (Å²) >= 11 is 0. The number of rotatable bonds is 0. The summed E-state index contributed by atoms with van der Waals surface area (Å²) in [6.45, 7) is 4.66. The second-order valence-corrected chi connectivity index (χ2v) is 2.75. The molecular weight excluding hydrogens is 114 g/mol. The third-order valence-electron chi connectivity index (χ3n) is 2.14. The second-order valence-electron chi connectivity index (χ2n) is 2.75. The first-order valence-electron chi connectivity index (χ1n) is 3.68. The van der Waals surface area contributed by atoms with E-state index < -0.39 is 0 Å². The van der Waals surface area contributed by atoms with Crippen molar-refractivity contribution in [3.8, 4) is 0 Å². The second kappa shape index (κ2) is 2.25. The van der Waals surface area contributed by atoms with Gasteiger partial charge in [-0.25, -0.2) is 5.01 Å². The lowest BCUT2D eigenvalue weighted by Crippen LogP contribution is -2.51. The van der Waals surface area contributed by atoms with Gasteiger partial charge < -0.3 is 5.32 Å². The number of hydrogen-bond acceptors (Lipinski definition) is 3. The van der Waals surface area contributed by atoms with E-state index in [-0.39, 0.29) is 0 Å². The fraction of sp³-hybridized carbons (Fsp3) is 1.00. The van der Waals surface area contributed by atoms with Crippen molar-refractivity contribution < 1.29 is 0 Å². The van der Waals surface area contributed by atoms with Crippen molar-refractivity contribution in [3.05, 3.63) is 0 Å². The van der Waals surface area contributed by atoms with E-state index in [0.29, 0.717) is 0 Å². The lowest BCUT2D eigenvalue weighted by molar-refractivity contribution is 0.156. The maximum Gasteiger partial charge on any atom is 0.0381 e. The van der Waals surface area contributed by atoms with Gasteiger partial charge in [0, 0.05) is 32.2 Å². The standard InChI is InChI=1S/C6H13N3/c1-2-8-9-4-3-7-5-6(1)9/h6-8H,1-5H2. The van der Waals surface area contributed by atoms with Crippen LogP contribution in [-0.2, 0) is 0 Å². The minimum Gasteiger partial charge on any atom is -0.314 e. The monoisotopic (exact) mass is 127 g/mol. The number of piperazine rings is 1. The molecule has 1 unspecified atom stereocenters. The highest BCUT2D eigenvalue weighted by Crippen LogP contribution is 2.08. The molecule has 0 aliphatic carbocycles. The summed E-state index contributed by atoms with van der Waals surface area (Å²) in [6.07, 6.45) is 1.31. The molecule has 0 radical (unpaired) electrons. The maximum absolute atomic E-state index is 3.37. The zero-order valence-corrected chi connectivity index (χ0v) is 5.56. The molecule has 2 rings (SSSR count). The molecule has 0 aromatic carbocycles. The fourth-order valence-electron chi connectivity index (χ4n) is 1.60. The summed E-state index contributed by atoms with van der Waals surface area (Å²) in [5, 5.41) is 5.73. The smallest absolute Gasteiger partial charge is 0.0381 e. The van der Waals surface area contributed by atoms with Gasteiger partial charge in [0.1, 0.15) is 0 Å². The molecule has 2 fully saturated rings. The first-order chi connectivity index (χ1) is 4.47. The molecule has 0 amide bonds. The fourth-order valence-corrected chi connectivity index (χ4v) is 1.60. The van der Waals surface area contributed by atoms with Crippen LogP contribution in [0.3, 0.4) is 0 Å². The molecule has 0 aromatic heterocycles. The highest BCUT2D eigenvalue weighted by atomic mass is 15.6. The van der Waals surface area contributed by atoms with Gasteiger partial charge in [0.15, 0.2) is 0 Å². The van der Waals surface area contributed by atoms with Gasteiger partial charge in [-0.1, -0.05) is 0 Å². The Balaban J connectivity index is 1.97. The van der Waals surface area contributed by atoms with Crippen LogP contribution in [0, 0.1) is 0 Å². The molecule has 2 N–H and O–H groups in total. The molecule has 3 nitrogen and oxygen atoms in total. The Kier molecular flexibility index (Phi) is 1.41. The number of fused-ring (bicyclic) bond motifs is 1. The molecule has 2 saturated heterocycles. The van der Waals surface area contributed by atoms with Crippen LogP contribution in [0.5, 0.6) is 0 Å². The van der Waals surface area contributed by atoms with Gasteiger partial charge in [-0.05, 0) is 6.42 Å². The third kappa shape index (κ3) is 0.956. The summed E-state index contributed by atoms with van der Waals surface area (Å²) < 4.78 is 0. The van der Waals surface area contributed by atoms with Crippen LogP contribution in [-0.4, -0.2) is 37.2 Å². The summed E-state index contributed by atoms with van der Waals surface area (Å²) in [6, 6.07) is 0.777. The van der Waals surface area contributed by atoms with Crippen molar-refractivity contribution in [1.82, 2.24) is 15.8 Å². The van der Waals surface area contributed by atoms with Crippen molar-refractivity contribution >= 4 is 0 Å². The molecule has 0 spiro atoms. The minimum atomic E-state index is 0.777. The lowest BCUT2D eigenvalue weighted by Gasteiger charge is -2.29. The Labute approximate surface area is 55.4 Å². The summed E-state index contributed by atoms with van der Waals surface area (Å²) in [7, 11) is 0. The first-order valence-corrected chi connectivity index (χ1v) is 3.68. The van der Waals surface area contributed by atoms with Crippen LogP contribution < -0.4 is 10.7 Å². The number of nitrogens with one attached hydrogen (secondary N) is 2. The molecule has 2 aliphatic rings. The van der Waals surface area contributed by atoms with E-state index in [9.17, 15) is 0 Å². The molecule has 52 valence electrons. The summed E-state index contributed by atoms with van der Waals surface area (Å²) in [5.41, 5.74) is 3.35. The summed E-state index contributed by atoms with van der Waals surface area (Å²) in [5.74, 6) is 0. The van der Waals surface area contributed by atoms with Crippen LogP contribution >= 0.6 is 0 Å². The minimum absolute atomic E-state index is 0.777. The van der Waals surface area contributed by atoms with Crippen molar-refractivity contribution in [2.24, 2.45) is 0 Å². The lowest BCUT2D eigenvalue weighted by atomic mass is 10.2. The predicted octanol–water partition coefficient (Wildman–Crippen LogP) is -0.831. The van der Waals surface area contributed by atoms with E-state index in [1.54, 1.807) is 0 Å². The van der Waals surface area contributed by atoms with Crippen molar-refractivity contribution in [2.75, 3.05) is 26.2 Å². The first kappa shape index (κ1) is 5.65. The van der Waals surface area contributed by atoms with Gasteiger partial charge in [-0.3, -0.25) is 5.43 Å². The quantitative estimate of drug-likeness (QED) is 0.444. The van der Waals surface area contributed by atoms with E-state index in [4.69, 9.17) is 0 Å². The average molecular weight is 127 g/mol. The molecule has 3 heteroatoms. The highest BCUT2D eigenvalue weighted by molar-refractivity contribution is 4.82. The Bertz CT molecular complexity index is 92.5. The number of hydrazine groups is 1. The van der Waals surface area contributed by atoms with E-state index in [2.05, 4.69) is 15.8 Å². The Morgan fingerprint density at radius 2 is 2.33 bits per heavy atom. The van der Waals surface area contributed by atoms with Crippen molar-refractivity contribution in [2.45, 2.75) is 12.5 Å². The van der Waals surface area contributed by atoms with E-state index in [1.165, 1.54) is 26.1 Å². The molecule has 2 aliphatic heterocycles. The molecule has 1 atom stereocenters. The van der Waals surface area contributed by atoms with E-state index >= 15 is 0 Å². The summed E-state index contributed by atoms with van der Waals surface area (Å²) in [4.78, 5) is 0. The zero-order valence-electron chi connectivity index (χ0n) is 5.56. The van der Waals surface area contributed by atoms with Crippen LogP contribution in [0.15, 0.2) is 0 Å². The molecule has 0 saturated carbocycles. The molecule has 2 heterocycles. The van der Waals surface area contributed by atoms with Gasteiger partial charge in [-0.15, -0.1) is 0 Å². The van der Waals surface area contributed by atoms with E-state index in [1.807, 2.05) is 0 Å². The van der Waals surface area contributed by atoms with Crippen LogP contribution in [0.25, 0.3) is 0 Å². The Morgan fingerprint density at radius 1 is 1.33 bits per heavy atom. The SMILES string of the molecule is C1CN2NCCC2CN1. The Hall–Kier alpha value is -0.120. The molecule has 9 heavy (non-hydrogen) atoms. The van der Waals surface area contributed by atoms with Crippen LogP contribution in [0.4, 0.5) is 0 Å². The van der Waals surface area contributed by atoms with Crippen LogP contribution in [0.2, 0.25) is 0 Å².